The first-order valence-corrected chi connectivity index (χ1v) is 8.82. The van der Waals surface area contributed by atoms with Gasteiger partial charge in [-0.25, -0.2) is 4.98 Å². The molecule has 130 valence electrons. The minimum atomic E-state index is -3.56. The van der Waals surface area contributed by atoms with Crippen molar-refractivity contribution in [1.82, 2.24) is 9.29 Å². The lowest BCUT2D eigenvalue weighted by atomic mass is 10.2. The van der Waals surface area contributed by atoms with Crippen molar-refractivity contribution >= 4 is 39.0 Å². The van der Waals surface area contributed by atoms with Gasteiger partial charge in [0.25, 0.3) is 0 Å². The molecule has 7 nitrogen and oxygen atoms in total. The van der Waals surface area contributed by atoms with Crippen LogP contribution in [-0.4, -0.2) is 38.9 Å². The van der Waals surface area contributed by atoms with E-state index in [0.29, 0.717) is 28.0 Å². The van der Waals surface area contributed by atoms with Gasteiger partial charge in [-0.2, -0.15) is 12.7 Å². The van der Waals surface area contributed by atoms with Crippen molar-refractivity contribution in [2.24, 2.45) is 0 Å². The molecule has 2 rings (SSSR count). The predicted molar refractivity (Wildman–Crippen MR) is 96.5 cm³/mol. The van der Waals surface area contributed by atoms with Gasteiger partial charge in [0.05, 0.1) is 24.7 Å². The Morgan fingerprint density at radius 2 is 1.96 bits per heavy atom. The summed E-state index contributed by atoms with van der Waals surface area (Å²) < 4.78 is 32.3. The van der Waals surface area contributed by atoms with Gasteiger partial charge in [-0.3, -0.25) is 4.72 Å². The summed E-state index contributed by atoms with van der Waals surface area (Å²) in [4.78, 5) is 4.20. The molecule has 0 saturated carbocycles. The highest BCUT2D eigenvalue weighted by molar-refractivity contribution is 7.90. The summed E-state index contributed by atoms with van der Waals surface area (Å²) >= 11 is 6.08. The van der Waals surface area contributed by atoms with Crippen LogP contribution in [0.2, 0.25) is 5.02 Å². The van der Waals surface area contributed by atoms with Crippen LogP contribution >= 0.6 is 11.6 Å². The third kappa shape index (κ3) is 4.28. The highest BCUT2D eigenvalue weighted by Gasteiger charge is 2.13. The lowest BCUT2D eigenvalue weighted by molar-refractivity contribution is 0.416. The molecule has 1 heterocycles. The number of nitrogens with zero attached hydrogens (tertiary/aromatic N) is 2. The lowest BCUT2D eigenvalue weighted by Gasteiger charge is -2.14. The number of halogens is 1. The first-order chi connectivity index (χ1) is 11.2. The molecule has 0 fully saturated rings. The largest absolute Gasteiger partial charge is 0.495 e. The van der Waals surface area contributed by atoms with E-state index < -0.39 is 10.2 Å². The molecular weight excluding hydrogens is 352 g/mol. The molecule has 0 spiro atoms. The second-order valence-electron chi connectivity index (χ2n) is 5.25. The van der Waals surface area contributed by atoms with Gasteiger partial charge in [0.15, 0.2) is 0 Å². The summed E-state index contributed by atoms with van der Waals surface area (Å²) in [5, 5.41) is 3.73. The van der Waals surface area contributed by atoms with Crippen LogP contribution in [0.15, 0.2) is 30.5 Å². The summed E-state index contributed by atoms with van der Waals surface area (Å²) in [6.07, 6.45) is 1.43. The summed E-state index contributed by atoms with van der Waals surface area (Å²) in [6.45, 7) is 1.89. The van der Waals surface area contributed by atoms with E-state index in [1.165, 1.54) is 20.3 Å². The zero-order valence-electron chi connectivity index (χ0n) is 13.8. The standard InChI is InChI=1S/C15H19ClN4O3S/c1-10-7-13(14(23-4)8-12(10)16)18-15-6-5-11(9-17-15)19-24(21,22)20(2)3/h5-9,19H,1-4H3,(H,17,18). The van der Waals surface area contributed by atoms with Crippen molar-refractivity contribution in [2.45, 2.75) is 6.92 Å². The molecule has 0 aliphatic rings. The number of anilines is 3. The number of hydrogen-bond acceptors (Lipinski definition) is 5. The number of ether oxygens (including phenoxy) is 1. The van der Waals surface area contributed by atoms with Crippen LogP contribution in [-0.2, 0) is 10.2 Å². The Labute approximate surface area is 146 Å². The fraction of sp³-hybridized carbons (Fsp3) is 0.267. The van der Waals surface area contributed by atoms with E-state index in [4.69, 9.17) is 16.3 Å². The Hall–Kier alpha value is -2.03. The van der Waals surface area contributed by atoms with E-state index in [9.17, 15) is 8.42 Å². The number of methoxy groups -OCH3 is 1. The lowest BCUT2D eigenvalue weighted by Crippen LogP contribution is -2.28. The maximum Gasteiger partial charge on any atom is 0.301 e. The molecule has 0 atom stereocenters. The van der Waals surface area contributed by atoms with Crippen LogP contribution in [0.25, 0.3) is 0 Å². The Bertz CT molecular complexity index is 823. The molecule has 24 heavy (non-hydrogen) atoms. The van der Waals surface area contributed by atoms with Gasteiger partial charge in [0.2, 0.25) is 0 Å². The van der Waals surface area contributed by atoms with Crippen LogP contribution in [0, 0.1) is 6.92 Å². The van der Waals surface area contributed by atoms with Crippen LogP contribution in [0.3, 0.4) is 0 Å². The number of rotatable bonds is 6. The van der Waals surface area contributed by atoms with E-state index in [2.05, 4.69) is 15.0 Å². The van der Waals surface area contributed by atoms with E-state index in [1.54, 1.807) is 25.3 Å². The van der Waals surface area contributed by atoms with E-state index in [0.717, 1.165) is 9.87 Å². The fourth-order valence-electron chi connectivity index (χ4n) is 1.84. The first-order valence-electron chi connectivity index (χ1n) is 7.00. The molecule has 0 aliphatic carbocycles. The third-order valence-corrected chi connectivity index (χ3v) is 5.10. The molecule has 9 heteroatoms. The van der Waals surface area contributed by atoms with Crippen molar-refractivity contribution < 1.29 is 13.2 Å². The molecular formula is C15H19ClN4O3S. The molecule has 1 aromatic heterocycles. The predicted octanol–water partition coefficient (Wildman–Crippen LogP) is 3.01. The van der Waals surface area contributed by atoms with Gasteiger partial charge >= 0.3 is 10.2 Å². The van der Waals surface area contributed by atoms with Gasteiger partial charge < -0.3 is 10.1 Å². The normalized spacial score (nSPS) is 11.4. The Morgan fingerprint density at radius 1 is 1.25 bits per heavy atom. The zero-order valence-corrected chi connectivity index (χ0v) is 15.4. The monoisotopic (exact) mass is 370 g/mol. The Kier molecular flexibility index (Phi) is 5.53. The van der Waals surface area contributed by atoms with Crippen LogP contribution in [0.1, 0.15) is 5.56 Å². The molecule has 2 aromatic rings. The summed E-state index contributed by atoms with van der Waals surface area (Å²) in [6, 6.07) is 6.85. The van der Waals surface area contributed by atoms with Gasteiger partial charge in [-0.15, -0.1) is 0 Å². The molecule has 0 amide bonds. The third-order valence-electron chi connectivity index (χ3n) is 3.23. The quantitative estimate of drug-likeness (QED) is 0.816. The smallest absolute Gasteiger partial charge is 0.301 e. The van der Waals surface area contributed by atoms with Gasteiger partial charge in [0.1, 0.15) is 11.6 Å². The number of aryl methyl sites for hydroxylation is 1. The maximum absolute atomic E-state index is 11.8. The summed E-state index contributed by atoms with van der Waals surface area (Å²) in [5.41, 5.74) is 1.98. The first kappa shape index (κ1) is 18.3. The maximum atomic E-state index is 11.8. The van der Waals surface area contributed by atoms with Crippen LogP contribution in [0.4, 0.5) is 17.2 Å². The van der Waals surface area contributed by atoms with Gasteiger partial charge in [-0.05, 0) is 30.7 Å². The average Bonchev–Trinajstić information content (AvgIpc) is 2.52. The van der Waals surface area contributed by atoms with Crippen LogP contribution < -0.4 is 14.8 Å². The second kappa shape index (κ2) is 7.25. The molecule has 1 aromatic carbocycles. The number of nitrogens with one attached hydrogen (secondary N) is 2. The van der Waals surface area contributed by atoms with Crippen molar-refractivity contribution in [1.29, 1.82) is 0 Å². The highest BCUT2D eigenvalue weighted by Crippen LogP contribution is 2.32. The highest BCUT2D eigenvalue weighted by atomic mass is 35.5. The minimum absolute atomic E-state index is 0.369. The van der Waals surface area contributed by atoms with Crippen LogP contribution in [0.5, 0.6) is 5.75 Å². The molecule has 0 aliphatic heterocycles. The summed E-state index contributed by atoms with van der Waals surface area (Å²) in [5.74, 6) is 1.13. The minimum Gasteiger partial charge on any atom is -0.495 e. The van der Waals surface area contributed by atoms with E-state index in [-0.39, 0.29) is 0 Å². The molecule has 0 saturated heterocycles. The zero-order chi connectivity index (χ0) is 17.9. The van der Waals surface area contributed by atoms with Crippen molar-refractivity contribution in [3.8, 4) is 5.75 Å². The number of hydrogen-bond donors (Lipinski definition) is 2. The Morgan fingerprint density at radius 3 is 2.50 bits per heavy atom. The molecule has 0 unspecified atom stereocenters. The number of aromatic nitrogens is 1. The van der Waals surface area contributed by atoms with Crippen molar-refractivity contribution in [3.63, 3.8) is 0 Å². The van der Waals surface area contributed by atoms with Crippen molar-refractivity contribution in [3.05, 3.63) is 41.0 Å². The number of benzene rings is 1. The summed E-state index contributed by atoms with van der Waals surface area (Å²) in [7, 11) is 0.889. The average molecular weight is 371 g/mol. The molecule has 2 N–H and O–H groups in total. The number of pyridine rings is 1. The SMILES string of the molecule is COc1cc(Cl)c(C)cc1Nc1ccc(NS(=O)(=O)N(C)C)cn1. The molecule has 0 radical (unpaired) electrons. The van der Waals surface area contributed by atoms with Crippen molar-refractivity contribution in [2.75, 3.05) is 31.2 Å². The Balaban J connectivity index is 2.20. The molecule has 0 bridgehead atoms. The topological polar surface area (TPSA) is 83.6 Å². The van der Waals surface area contributed by atoms with E-state index in [1.807, 2.05) is 13.0 Å². The van der Waals surface area contributed by atoms with Gasteiger partial charge in [0, 0.05) is 25.2 Å². The van der Waals surface area contributed by atoms with Gasteiger partial charge in [-0.1, -0.05) is 11.6 Å². The second-order valence-corrected chi connectivity index (χ2v) is 7.54. The fourth-order valence-corrected chi connectivity index (χ4v) is 2.59. The van der Waals surface area contributed by atoms with E-state index >= 15 is 0 Å².